The number of carbonyl (C=O) groups is 2. The van der Waals surface area contributed by atoms with Gasteiger partial charge in [-0.3, -0.25) is 9.59 Å². The van der Waals surface area contributed by atoms with Crippen molar-refractivity contribution in [1.29, 1.82) is 0 Å². The highest BCUT2D eigenvalue weighted by Gasteiger charge is 2.43. The molecule has 6 nitrogen and oxygen atoms in total. The van der Waals surface area contributed by atoms with Gasteiger partial charge in [0.1, 0.15) is 6.04 Å². The van der Waals surface area contributed by atoms with E-state index in [1.54, 1.807) is 12.2 Å². The molecule has 0 bridgehead atoms. The molecule has 2 aliphatic carbocycles. The number of nitrogens with one attached hydrogen (secondary N) is 1. The summed E-state index contributed by atoms with van der Waals surface area (Å²) in [6.07, 6.45) is 13.5. The van der Waals surface area contributed by atoms with E-state index >= 15 is 0 Å². The maximum atomic E-state index is 13.5. The lowest BCUT2D eigenvalue weighted by molar-refractivity contribution is -0.142. The predicted octanol–water partition coefficient (Wildman–Crippen LogP) is 4.08. The first kappa shape index (κ1) is 27.0. The van der Waals surface area contributed by atoms with E-state index in [1.807, 2.05) is 18.7 Å². The molecule has 3 aliphatic rings. The van der Waals surface area contributed by atoms with Crippen molar-refractivity contribution in [3.8, 4) is 0 Å². The van der Waals surface area contributed by atoms with E-state index in [4.69, 9.17) is 11.6 Å². The van der Waals surface area contributed by atoms with Gasteiger partial charge in [-0.2, -0.15) is 0 Å². The number of hydrogen-bond acceptors (Lipinski definition) is 4. The Hall–Kier alpha value is -1.60. The van der Waals surface area contributed by atoms with Gasteiger partial charge in [-0.05, 0) is 54.9 Å². The molecule has 0 aromatic heterocycles. The van der Waals surface area contributed by atoms with E-state index in [0.717, 1.165) is 25.5 Å². The number of sulfone groups is 1. The van der Waals surface area contributed by atoms with Crippen LogP contribution in [0.25, 0.3) is 0 Å². The number of nitrogens with zero attached hydrogens (tertiary/aromatic N) is 1. The second-order valence-electron chi connectivity index (χ2n) is 11.1. The van der Waals surface area contributed by atoms with Crippen molar-refractivity contribution in [2.75, 3.05) is 19.3 Å². The monoisotopic (exact) mass is 510 g/mol. The SMILES string of the molecule is CC(C)[C@@H](NC(=O)C1C=CC=C(S(C)(=O)=O)C1)C(=O)N1CC[C@H](C2C=CC(Cl)CC2)C(C)(C)C1. The molecular formula is C26H39ClN2O4S. The number of likely N-dealkylation sites (tertiary alicyclic amines) is 1. The number of piperidine rings is 1. The molecule has 2 amide bonds. The van der Waals surface area contributed by atoms with Gasteiger partial charge in [0.2, 0.25) is 11.8 Å². The second kappa shape index (κ2) is 10.6. The van der Waals surface area contributed by atoms with Crippen LogP contribution >= 0.6 is 11.6 Å². The molecule has 3 unspecified atom stereocenters. The van der Waals surface area contributed by atoms with Gasteiger partial charge in [0.25, 0.3) is 0 Å². The Labute approximate surface area is 209 Å². The van der Waals surface area contributed by atoms with Crippen molar-refractivity contribution in [2.24, 2.45) is 29.1 Å². The van der Waals surface area contributed by atoms with Crippen molar-refractivity contribution in [1.82, 2.24) is 10.2 Å². The maximum Gasteiger partial charge on any atom is 0.245 e. The molecule has 1 fully saturated rings. The summed E-state index contributed by atoms with van der Waals surface area (Å²) in [7, 11) is -3.36. The summed E-state index contributed by atoms with van der Waals surface area (Å²) in [6.45, 7) is 9.63. The van der Waals surface area contributed by atoms with Crippen molar-refractivity contribution in [3.63, 3.8) is 0 Å². The fraction of sp³-hybridized carbons (Fsp3) is 0.692. The lowest BCUT2D eigenvalue weighted by Crippen LogP contribution is -2.57. The molecule has 0 aromatic carbocycles. The van der Waals surface area contributed by atoms with Crippen LogP contribution in [-0.4, -0.2) is 55.9 Å². The van der Waals surface area contributed by atoms with Crippen LogP contribution in [-0.2, 0) is 19.4 Å². The van der Waals surface area contributed by atoms with Crippen molar-refractivity contribution in [3.05, 3.63) is 35.3 Å². The van der Waals surface area contributed by atoms with Gasteiger partial charge >= 0.3 is 0 Å². The van der Waals surface area contributed by atoms with Gasteiger partial charge in [0.15, 0.2) is 9.84 Å². The number of hydrogen-bond donors (Lipinski definition) is 1. The van der Waals surface area contributed by atoms with Crippen LogP contribution in [0.5, 0.6) is 0 Å². The van der Waals surface area contributed by atoms with Crippen molar-refractivity contribution < 1.29 is 18.0 Å². The van der Waals surface area contributed by atoms with E-state index in [2.05, 4.69) is 31.3 Å². The molecule has 0 saturated carbocycles. The molecule has 0 radical (unpaired) electrons. The Morgan fingerprint density at radius 2 is 1.85 bits per heavy atom. The Balaban J connectivity index is 1.66. The van der Waals surface area contributed by atoms with E-state index in [0.29, 0.717) is 24.9 Å². The standard InChI is InChI=1S/C26H39ClN2O4S/c1-17(2)23(28-24(30)19-7-6-8-21(15-19)34(5,32)33)25(31)29-14-13-22(26(3,4)16-29)18-9-11-20(27)12-10-18/h6-9,11,17-20,22-23H,10,12-16H2,1-5H3,(H,28,30)/t18?,19?,20?,22-,23-/m1/s1. The lowest BCUT2D eigenvalue weighted by atomic mass is 9.65. The van der Waals surface area contributed by atoms with Gasteiger partial charge in [-0.1, -0.05) is 52.0 Å². The lowest BCUT2D eigenvalue weighted by Gasteiger charge is -2.48. The van der Waals surface area contributed by atoms with E-state index < -0.39 is 21.8 Å². The molecule has 1 N–H and O–H groups in total. The summed E-state index contributed by atoms with van der Waals surface area (Å²) < 4.78 is 23.8. The van der Waals surface area contributed by atoms with E-state index in [1.165, 1.54) is 6.08 Å². The molecule has 1 saturated heterocycles. The first-order chi connectivity index (χ1) is 15.8. The largest absolute Gasteiger partial charge is 0.344 e. The Bertz CT molecular complexity index is 983. The number of alkyl halides is 1. The van der Waals surface area contributed by atoms with Gasteiger partial charge in [0, 0.05) is 24.3 Å². The zero-order valence-electron chi connectivity index (χ0n) is 21.0. The van der Waals surface area contributed by atoms with Gasteiger partial charge in [0.05, 0.1) is 11.3 Å². The van der Waals surface area contributed by atoms with Gasteiger partial charge < -0.3 is 10.2 Å². The zero-order chi connectivity index (χ0) is 25.3. The van der Waals surface area contributed by atoms with Crippen LogP contribution in [0.3, 0.4) is 0 Å². The highest BCUT2D eigenvalue weighted by molar-refractivity contribution is 7.94. The zero-order valence-corrected chi connectivity index (χ0v) is 22.5. The number of rotatable bonds is 6. The minimum Gasteiger partial charge on any atom is -0.344 e. The third-order valence-corrected chi connectivity index (χ3v) is 9.19. The van der Waals surface area contributed by atoms with Crippen molar-refractivity contribution in [2.45, 2.75) is 64.8 Å². The van der Waals surface area contributed by atoms with Crippen LogP contribution in [0.4, 0.5) is 0 Å². The number of amides is 2. The fourth-order valence-electron chi connectivity index (χ4n) is 5.57. The Morgan fingerprint density at radius 1 is 1.15 bits per heavy atom. The smallest absolute Gasteiger partial charge is 0.245 e. The highest BCUT2D eigenvalue weighted by atomic mass is 35.5. The molecular weight excluding hydrogens is 472 g/mol. The van der Waals surface area contributed by atoms with Gasteiger partial charge in [-0.15, -0.1) is 11.6 Å². The average molecular weight is 511 g/mol. The van der Waals surface area contributed by atoms with Crippen LogP contribution in [0.1, 0.15) is 53.4 Å². The van der Waals surface area contributed by atoms with E-state index in [9.17, 15) is 18.0 Å². The molecule has 0 aromatic rings. The number of carbonyl (C=O) groups excluding carboxylic acids is 2. The Morgan fingerprint density at radius 3 is 2.41 bits per heavy atom. The van der Waals surface area contributed by atoms with Crippen LogP contribution in [0, 0.1) is 29.1 Å². The molecule has 8 heteroatoms. The molecule has 0 spiro atoms. The quantitative estimate of drug-likeness (QED) is 0.431. The molecule has 34 heavy (non-hydrogen) atoms. The first-order valence-electron chi connectivity index (χ1n) is 12.3. The number of allylic oxidation sites excluding steroid dienone is 5. The summed E-state index contributed by atoms with van der Waals surface area (Å²) in [5, 5.41) is 3.06. The molecule has 5 atom stereocenters. The minimum atomic E-state index is -3.36. The second-order valence-corrected chi connectivity index (χ2v) is 13.7. The third-order valence-electron chi connectivity index (χ3n) is 7.57. The summed E-state index contributed by atoms with van der Waals surface area (Å²) in [4.78, 5) is 28.7. The van der Waals surface area contributed by atoms with Crippen molar-refractivity contribution >= 4 is 33.3 Å². The Kier molecular flexibility index (Phi) is 8.39. The third kappa shape index (κ3) is 6.34. The summed E-state index contributed by atoms with van der Waals surface area (Å²) in [6, 6.07) is -0.646. The first-order valence-corrected chi connectivity index (χ1v) is 14.6. The van der Waals surface area contributed by atoms with Gasteiger partial charge in [-0.25, -0.2) is 8.42 Å². The average Bonchev–Trinajstić information content (AvgIpc) is 2.76. The fourth-order valence-corrected chi connectivity index (χ4v) is 6.59. The molecule has 1 heterocycles. The topological polar surface area (TPSA) is 83.5 Å². The summed E-state index contributed by atoms with van der Waals surface area (Å²) in [5.74, 6) is -0.0922. The minimum absolute atomic E-state index is 0.0467. The van der Waals surface area contributed by atoms with Crippen LogP contribution in [0.2, 0.25) is 0 Å². The molecule has 1 aliphatic heterocycles. The molecule has 190 valence electrons. The number of halogens is 1. The highest BCUT2D eigenvalue weighted by Crippen LogP contribution is 2.43. The van der Waals surface area contributed by atoms with Crippen LogP contribution in [0.15, 0.2) is 35.3 Å². The normalized spacial score (nSPS) is 30.1. The summed E-state index contributed by atoms with van der Waals surface area (Å²) in [5.41, 5.74) is -0.0467. The predicted molar refractivity (Wildman–Crippen MR) is 137 cm³/mol. The van der Waals surface area contributed by atoms with E-state index in [-0.39, 0.29) is 39.9 Å². The molecule has 3 rings (SSSR count). The van der Waals surface area contributed by atoms with Crippen LogP contribution < -0.4 is 5.32 Å². The maximum absolute atomic E-state index is 13.5. The summed E-state index contributed by atoms with van der Waals surface area (Å²) >= 11 is 6.24.